The van der Waals surface area contributed by atoms with Gasteiger partial charge >= 0.3 is 0 Å². The summed E-state index contributed by atoms with van der Waals surface area (Å²) in [6, 6.07) is 10.7. The fourth-order valence-corrected chi connectivity index (χ4v) is 2.39. The highest BCUT2D eigenvalue weighted by Gasteiger charge is 2.15. The summed E-state index contributed by atoms with van der Waals surface area (Å²) >= 11 is 3.19. The molecular formula is C15H13BrFNO2. The van der Waals surface area contributed by atoms with Crippen LogP contribution in [0.1, 0.15) is 15.9 Å². The van der Waals surface area contributed by atoms with Crippen LogP contribution in [0.2, 0.25) is 0 Å². The zero-order chi connectivity index (χ0) is 14.7. The Hall–Kier alpha value is -1.88. The highest BCUT2D eigenvalue weighted by atomic mass is 79.9. The van der Waals surface area contributed by atoms with Crippen molar-refractivity contribution in [3.8, 4) is 5.75 Å². The Morgan fingerprint density at radius 2 is 2.05 bits per heavy atom. The summed E-state index contributed by atoms with van der Waals surface area (Å²) in [5.74, 6) is -0.462. The van der Waals surface area contributed by atoms with E-state index in [1.165, 1.54) is 23.1 Å². The molecule has 0 aliphatic rings. The van der Waals surface area contributed by atoms with Gasteiger partial charge in [0.05, 0.1) is 5.56 Å². The summed E-state index contributed by atoms with van der Waals surface area (Å²) < 4.78 is 13.4. The number of benzene rings is 2. The van der Waals surface area contributed by atoms with Gasteiger partial charge in [-0.3, -0.25) is 4.79 Å². The molecule has 1 N–H and O–H groups in total. The lowest BCUT2D eigenvalue weighted by Crippen LogP contribution is -2.26. The highest BCUT2D eigenvalue weighted by molar-refractivity contribution is 9.10. The zero-order valence-corrected chi connectivity index (χ0v) is 12.4. The van der Waals surface area contributed by atoms with E-state index in [2.05, 4.69) is 15.9 Å². The fourth-order valence-electron chi connectivity index (χ4n) is 1.87. The van der Waals surface area contributed by atoms with Crippen LogP contribution in [0.25, 0.3) is 0 Å². The molecule has 20 heavy (non-hydrogen) atoms. The van der Waals surface area contributed by atoms with Crippen LogP contribution in [0.5, 0.6) is 5.75 Å². The number of carbonyl (C=O) groups excluding carboxylic acids is 1. The van der Waals surface area contributed by atoms with E-state index < -0.39 is 5.82 Å². The van der Waals surface area contributed by atoms with E-state index in [-0.39, 0.29) is 11.7 Å². The molecule has 0 atom stereocenters. The maximum Gasteiger partial charge on any atom is 0.255 e. The van der Waals surface area contributed by atoms with Gasteiger partial charge in [0.25, 0.3) is 5.91 Å². The molecule has 3 nitrogen and oxygen atoms in total. The second-order valence-electron chi connectivity index (χ2n) is 4.46. The molecule has 0 aliphatic heterocycles. The van der Waals surface area contributed by atoms with Gasteiger partial charge in [0, 0.05) is 18.1 Å². The fraction of sp³-hybridized carbons (Fsp3) is 0.133. The molecule has 0 unspecified atom stereocenters. The first-order valence-corrected chi connectivity index (χ1v) is 6.75. The first-order valence-electron chi connectivity index (χ1n) is 5.96. The Balaban J connectivity index is 2.16. The van der Waals surface area contributed by atoms with E-state index >= 15 is 0 Å². The summed E-state index contributed by atoms with van der Waals surface area (Å²) in [4.78, 5) is 13.8. The van der Waals surface area contributed by atoms with Crippen LogP contribution in [0, 0.1) is 5.82 Å². The van der Waals surface area contributed by atoms with Gasteiger partial charge in [-0.15, -0.1) is 0 Å². The smallest absolute Gasteiger partial charge is 0.255 e. The topological polar surface area (TPSA) is 40.5 Å². The largest absolute Gasteiger partial charge is 0.508 e. The summed E-state index contributed by atoms with van der Waals surface area (Å²) in [5.41, 5.74) is 1.22. The van der Waals surface area contributed by atoms with Crippen molar-refractivity contribution in [2.75, 3.05) is 7.05 Å². The Kier molecular flexibility index (Phi) is 4.39. The van der Waals surface area contributed by atoms with E-state index in [0.29, 0.717) is 16.6 Å². The van der Waals surface area contributed by atoms with Crippen LogP contribution < -0.4 is 0 Å². The first kappa shape index (κ1) is 14.5. The van der Waals surface area contributed by atoms with E-state index in [1.807, 2.05) is 6.07 Å². The Labute approximate surface area is 124 Å². The molecule has 5 heteroatoms. The molecule has 0 saturated heterocycles. The average Bonchev–Trinajstić information content (AvgIpc) is 2.38. The molecule has 2 rings (SSSR count). The first-order chi connectivity index (χ1) is 9.47. The van der Waals surface area contributed by atoms with Gasteiger partial charge in [0.2, 0.25) is 0 Å². The minimum absolute atomic E-state index is 0.159. The van der Waals surface area contributed by atoms with Crippen LogP contribution in [-0.4, -0.2) is 23.0 Å². The molecule has 0 saturated carbocycles. The lowest BCUT2D eigenvalue weighted by molar-refractivity contribution is 0.0784. The number of phenols is 1. The number of halogens is 2. The van der Waals surface area contributed by atoms with E-state index in [1.54, 1.807) is 25.2 Å². The number of hydrogen-bond donors (Lipinski definition) is 1. The minimum Gasteiger partial charge on any atom is -0.508 e. The molecule has 104 valence electrons. The van der Waals surface area contributed by atoms with Crippen molar-refractivity contribution in [3.05, 3.63) is 63.9 Å². The number of hydrogen-bond acceptors (Lipinski definition) is 2. The second-order valence-corrected chi connectivity index (χ2v) is 5.31. The molecule has 0 spiro atoms. The van der Waals surface area contributed by atoms with Crippen molar-refractivity contribution < 1.29 is 14.3 Å². The van der Waals surface area contributed by atoms with Gasteiger partial charge in [-0.2, -0.15) is 0 Å². The lowest BCUT2D eigenvalue weighted by atomic mass is 10.1. The van der Waals surface area contributed by atoms with Crippen LogP contribution in [0.4, 0.5) is 4.39 Å². The van der Waals surface area contributed by atoms with Crippen molar-refractivity contribution >= 4 is 21.8 Å². The minimum atomic E-state index is -0.399. The standard InChI is InChI=1S/C15H13BrFNO2/c1-18(9-10-3-2-4-12(19)7-10)15(20)13-6-5-11(17)8-14(13)16/h2-8,19H,9H2,1H3. The van der Waals surface area contributed by atoms with Gasteiger partial charge < -0.3 is 10.0 Å². The maximum absolute atomic E-state index is 13.0. The molecule has 0 radical (unpaired) electrons. The van der Waals surface area contributed by atoms with Crippen LogP contribution in [0.3, 0.4) is 0 Å². The SMILES string of the molecule is CN(Cc1cccc(O)c1)C(=O)c1ccc(F)cc1Br. The molecule has 0 fully saturated rings. The third kappa shape index (κ3) is 3.36. The predicted octanol–water partition coefficient (Wildman–Crippen LogP) is 3.57. The Bertz CT molecular complexity index is 646. The normalized spacial score (nSPS) is 10.3. The van der Waals surface area contributed by atoms with Crippen LogP contribution in [-0.2, 0) is 6.54 Å². The molecule has 0 bridgehead atoms. The van der Waals surface area contributed by atoms with Crippen molar-refractivity contribution in [3.63, 3.8) is 0 Å². The molecule has 2 aromatic rings. The number of aromatic hydroxyl groups is 1. The van der Waals surface area contributed by atoms with E-state index in [0.717, 1.165) is 5.56 Å². The van der Waals surface area contributed by atoms with Crippen LogP contribution in [0.15, 0.2) is 46.9 Å². The number of amides is 1. The zero-order valence-electron chi connectivity index (χ0n) is 10.8. The molecule has 0 aromatic heterocycles. The average molecular weight is 338 g/mol. The summed E-state index contributed by atoms with van der Waals surface area (Å²) in [6.07, 6.45) is 0. The Morgan fingerprint density at radius 1 is 1.30 bits per heavy atom. The van der Waals surface area contributed by atoms with Gasteiger partial charge in [0.1, 0.15) is 11.6 Å². The molecule has 1 amide bonds. The quantitative estimate of drug-likeness (QED) is 0.930. The third-order valence-electron chi connectivity index (χ3n) is 2.84. The summed E-state index contributed by atoms with van der Waals surface area (Å²) in [6.45, 7) is 0.358. The van der Waals surface area contributed by atoms with Crippen molar-refractivity contribution in [2.45, 2.75) is 6.54 Å². The Morgan fingerprint density at radius 3 is 2.70 bits per heavy atom. The number of carbonyl (C=O) groups is 1. The molecule has 0 heterocycles. The molecule has 2 aromatic carbocycles. The van der Waals surface area contributed by atoms with Gasteiger partial charge in [-0.05, 0) is 51.8 Å². The molecule has 0 aliphatic carbocycles. The molecular weight excluding hydrogens is 325 g/mol. The van der Waals surface area contributed by atoms with Gasteiger partial charge in [-0.1, -0.05) is 12.1 Å². The van der Waals surface area contributed by atoms with Gasteiger partial charge in [-0.25, -0.2) is 4.39 Å². The summed E-state index contributed by atoms with van der Waals surface area (Å²) in [7, 11) is 1.65. The highest BCUT2D eigenvalue weighted by Crippen LogP contribution is 2.20. The van der Waals surface area contributed by atoms with Gasteiger partial charge in [0.15, 0.2) is 0 Å². The van der Waals surface area contributed by atoms with Crippen molar-refractivity contribution in [2.24, 2.45) is 0 Å². The van der Waals surface area contributed by atoms with Crippen molar-refractivity contribution in [1.82, 2.24) is 4.90 Å². The van der Waals surface area contributed by atoms with E-state index in [9.17, 15) is 14.3 Å². The number of nitrogens with zero attached hydrogens (tertiary/aromatic N) is 1. The lowest BCUT2D eigenvalue weighted by Gasteiger charge is -2.18. The maximum atomic E-state index is 13.0. The third-order valence-corrected chi connectivity index (χ3v) is 3.49. The van der Waals surface area contributed by atoms with E-state index in [4.69, 9.17) is 0 Å². The number of phenolic OH excluding ortho intramolecular Hbond substituents is 1. The second kappa shape index (κ2) is 6.05. The predicted molar refractivity (Wildman–Crippen MR) is 78.0 cm³/mol. The number of rotatable bonds is 3. The summed E-state index contributed by atoms with van der Waals surface area (Å²) in [5, 5.41) is 9.40. The van der Waals surface area contributed by atoms with Crippen LogP contribution >= 0.6 is 15.9 Å². The monoisotopic (exact) mass is 337 g/mol. The van der Waals surface area contributed by atoms with Crippen molar-refractivity contribution in [1.29, 1.82) is 0 Å².